The Hall–Kier alpha value is -3.75. The number of carbonyl (C=O) groups is 2. The van der Waals surface area contributed by atoms with E-state index in [-0.39, 0.29) is 23.4 Å². The van der Waals surface area contributed by atoms with Crippen molar-refractivity contribution in [1.29, 1.82) is 0 Å². The Morgan fingerprint density at radius 1 is 1.10 bits per heavy atom. The molecule has 150 valence electrons. The second-order valence-corrected chi connectivity index (χ2v) is 6.45. The molecule has 0 spiro atoms. The summed E-state index contributed by atoms with van der Waals surface area (Å²) in [7, 11) is 1.64. The van der Waals surface area contributed by atoms with Crippen LogP contribution in [-0.2, 0) is 0 Å². The quantitative estimate of drug-likeness (QED) is 0.707. The summed E-state index contributed by atoms with van der Waals surface area (Å²) in [5.74, 6) is 0.192. The molecule has 0 bridgehead atoms. The lowest BCUT2D eigenvalue weighted by molar-refractivity contribution is 0.0740. The molecule has 0 aliphatic carbocycles. The van der Waals surface area contributed by atoms with Gasteiger partial charge in [-0.25, -0.2) is 0 Å². The van der Waals surface area contributed by atoms with Gasteiger partial charge in [0.05, 0.1) is 13.4 Å². The van der Waals surface area contributed by atoms with Crippen molar-refractivity contribution in [3.8, 4) is 5.75 Å². The molecule has 1 aromatic carbocycles. The normalized spacial score (nSPS) is 14.0. The van der Waals surface area contributed by atoms with E-state index < -0.39 is 5.91 Å². The fourth-order valence-corrected chi connectivity index (χ4v) is 3.13. The standard InChI is InChI=1S/C20H20N4O5/c1-27-15-5-2-4-14(12-15)23-7-9-24(10-8-23)19(26)16-13-29-20(21-16)22-18(25)17-6-3-11-28-17/h2-6,11-13H,7-10H2,1H3,(H,21,22,25). The van der Waals surface area contributed by atoms with E-state index in [9.17, 15) is 9.59 Å². The second-order valence-electron chi connectivity index (χ2n) is 6.45. The smallest absolute Gasteiger partial charge is 0.302 e. The first-order valence-electron chi connectivity index (χ1n) is 9.12. The number of nitrogens with one attached hydrogen (secondary N) is 1. The van der Waals surface area contributed by atoms with Gasteiger partial charge in [-0.15, -0.1) is 0 Å². The van der Waals surface area contributed by atoms with Gasteiger partial charge in [-0.1, -0.05) is 6.07 Å². The van der Waals surface area contributed by atoms with Crippen LogP contribution < -0.4 is 15.0 Å². The van der Waals surface area contributed by atoms with E-state index in [0.717, 1.165) is 11.4 Å². The Bertz CT molecular complexity index is 990. The number of benzene rings is 1. The van der Waals surface area contributed by atoms with Gasteiger partial charge in [-0.05, 0) is 24.3 Å². The molecule has 1 fully saturated rings. The third-order valence-corrected chi connectivity index (χ3v) is 4.67. The van der Waals surface area contributed by atoms with Crippen LogP contribution in [0.2, 0.25) is 0 Å². The number of hydrogen-bond donors (Lipinski definition) is 1. The summed E-state index contributed by atoms with van der Waals surface area (Å²) in [5.41, 5.74) is 1.20. The maximum absolute atomic E-state index is 12.7. The molecule has 4 rings (SSSR count). The van der Waals surface area contributed by atoms with E-state index in [0.29, 0.717) is 26.2 Å². The molecule has 9 heteroatoms. The fraction of sp³-hybridized carbons (Fsp3) is 0.250. The van der Waals surface area contributed by atoms with Crippen LogP contribution in [0.15, 0.2) is 57.8 Å². The van der Waals surface area contributed by atoms with Crippen molar-refractivity contribution in [2.45, 2.75) is 0 Å². The number of methoxy groups -OCH3 is 1. The van der Waals surface area contributed by atoms with Gasteiger partial charge in [-0.3, -0.25) is 14.9 Å². The SMILES string of the molecule is COc1cccc(N2CCN(C(=O)c3coc(NC(=O)c4ccco4)n3)CC2)c1. The van der Waals surface area contributed by atoms with Gasteiger partial charge in [0, 0.05) is 37.9 Å². The number of nitrogens with zero attached hydrogens (tertiary/aromatic N) is 3. The van der Waals surface area contributed by atoms with Crippen LogP contribution in [0.1, 0.15) is 21.0 Å². The molecule has 2 aromatic heterocycles. The van der Waals surface area contributed by atoms with Crippen molar-refractivity contribution in [2.24, 2.45) is 0 Å². The molecule has 29 heavy (non-hydrogen) atoms. The topological polar surface area (TPSA) is 101 Å². The van der Waals surface area contributed by atoms with Crippen molar-refractivity contribution >= 4 is 23.5 Å². The molecular weight excluding hydrogens is 376 g/mol. The van der Waals surface area contributed by atoms with E-state index in [4.69, 9.17) is 13.6 Å². The average Bonchev–Trinajstić information content (AvgIpc) is 3.46. The largest absolute Gasteiger partial charge is 0.497 e. The molecule has 0 radical (unpaired) electrons. The van der Waals surface area contributed by atoms with Crippen molar-refractivity contribution in [2.75, 3.05) is 43.5 Å². The number of aromatic nitrogens is 1. The zero-order valence-electron chi connectivity index (χ0n) is 15.8. The number of carbonyl (C=O) groups excluding carboxylic acids is 2. The highest BCUT2D eigenvalue weighted by atomic mass is 16.5. The molecule has 0 atom stereocenters. The summed E-state index contributed by atoms with van der Waals surface area (Å²) in [4.78, 5) is 32.6. The number of hydrogen-bond acceptors (Lipinski definition) is 7. The molecular formula is C20H20N4O5. The molecule has 3 heterocycles. The van der Waals surface area contributed by atoms with Crippen LogP contribution in [-0.4, -0.2) is 55.0 Å². The lowest BCUT2D eigenvalue weighted by atomic mass is 10.2. The van der Waals surface area contributed by atoms with Crippen LogP contribution in [0.25, 0.3) is 0 Å². The lowest BCUT2D eigenvalue weighted by Crippen LogP contribution is -2.48. The number of ether oxygens (including phenoxy) is 1. The van der Waals surface area contributed by atoms with E-state index in [1.54, 1.807) is 18.1 Å². The Labute approximate surface area is 166 Å². The molecule has 0 unspecified atom stereocenters. The minimum Gasteiger partial charge on any atom is -0.497 e. The predicted octanol–water partition coefficient (Wildman–Crippen LogP) is 2.49. The minimum absolute atomic E-state index is 0.0511. The van der Waals surface area contributed by atoms with E-state index in [2.05, 4.69) is 15.2 Å². The average molecular weight is 396 g/mol. The minimum atomic E-state index is -0.497. The highest BCUT2D eigenvalue weighted by Crippen LogP contribution is 2.22. The lowest BCUT2D eigenvalue weighted by Gasteiger charge is -2.35. The van der Waals surface area contributed by atoms with Gasteiger partial charge in [0.15, 0.2) is 11.5 Å². The molecule has 1 aliphatic heterocycles. The monoisotopic (exact) mass is 396 g/mol. The summed E-state index contributed by atoms with van der Waals surface area (Å²) >= 11 is 0. The number of anilines is 2. The Morgan fingerprint density at radius 3 is 2.66 bits per heavy atom. The summed E-state index contributed by atoms with van der Waals surface area (Å²) in [6, 6.07) is 10.9. The van der Waals surface area contributed by atoms with Gasteiger partial charge >= 0.3 is 6.01 Å². The fourth-order valence-electron chi connectivity index (χ4n) is 3.13. The molecule has 2 amide bonds. The second kappa shape index (κ2) is 8.09. The maximum Gasteiger partial charge on any atom is 0.302 e. The number of piperazine rings is 1. The van der Waals surface area contributed by atoms with Gasteiger partial charge < -0.3 is 23.4 Å². The Morgan fingerprint density at radius 2 is 1.93 bits per heavy atom. The van der Waals surface area contributed by atoms with Crippen LogP contribution in [0.5, 0.6) is 5.75 Å². The van der Waals surface area contributed by atoms with Gasteiger partial charge in [0.1, 0.15) is 12.0 Å². The third-order valence-electron chi connectivity index (χ3n) is 4.67. The summed E-state index contributed by atoms with van der Waals surface area (Å²) in [5, 5.41) is 2.46. The highest BCUT2D eigenvalue weighted by Gasteiger charge is 2.25. The van der Waals surface area contributed by atoms with E-state index in [1.807, 2.05) is 24.3 Å². The molecule has 1 aliphatic rings. The van der Waals surface area contributed by atoms with Crippen molar-refractivity contribution in [3.63, 3.8) is 0 Å². The molecule has 1 N–H and O–H groups in total. The van der Waals surface area contributed by atoms with Crippen LogP contribution in [0, 0.1) is 0 Å². The maximum atomic E-state index is 12.7. The number of rotatable bonds is 5. The number of amides is 2. The summed E-state index contributed by atoms with van der Waals surface area (Å²) < 4.78 is 15.5. The van der Waals surface area contributed by atoms with E-state index in [1.165, 1.54) is 18.6 Å². The van der Waals surface area contributed by atoms with Crippen LogP contribution in [0.4, 0.5) is 11.7 Å². The summed E-state index contributed by atoms with van der Waals surface area (Å²) in [6.07, 6.45) is 2.64. The number of oxazole rings is 1. The Kier molecular flexibility index (Phi) is 5.19. The zero-order valence-corrected chi connectivity index (χ0v) is 15.8. The molecule has 9 nitrogen and oxygen atoms in total. The first-order chi connectivity index (χ1) is 14.1. The first kappa shape index (κ1) is 18.6. The molecule has 1 saturated heterocycles. The van der Waals surface area contributed by atoms with Crippen molar-refractivity contribution in [1.82, 2.24) is 9.88 Å². The summed E-state index contributed by atoms with van der Waals surface area (Å²) in [6.45, 7) is 2.49. The number of furan rings is 1. The van der Waals surface area contributed by atoms with E-state index >= 15 is 0 Å². The first-order valence-corrected chi connectivity index (χ1v) is 9.12. The zero-order chi connectivity index (χ0) is 20.2. The van der Waals surface area contributed by atoms with Crippen molar-refractivity contribution in [3.05, 3.63) is 60.4 Å². The molecule has 0 saturated carbocycles. The van der Waals surface area contributed by atoms with Gasteiger partial charge in [0.2, 0.25) is 0 Å². The predicted molar refractivity (Wildman–Crippen MR) is 104 cm³/mol. The van der Waals surface area contributed by atoms with Gasteiger partial charge in [-0.2, -0.15) is 4.98 Å². The highest BCUT2D eigenvalue weighted by molar-refractivity contribution is 6.01. The van der Waals surface area contributed by atoms with Gasteiger partial charge in [0.25, 0.3) is 11.8 Å². The van der Waals surface area contributed by atoms with Crippen LogP contribution >= 0.6 is 0 Å². The third kappa shape index (κ3) is 4.08. The van der Waals surface area contributed by atoms with Crippen molar-refractivity contribution < 1.29 is 23.2 Å². The van der Waals surface area contributed by atoms with Crippen LogP contribution in [0.3, 0.4) is 0 Å². The Balaban J connectivity index is 1.35. The molecule has 3 aromatic rings.